The van der Waals surface area contributed by atoms with Gasteiger partial charge < -0.3 is 10.2 Å². The minimum Gasteiger partial charge on any atom is -0.508 e. The lowest BCUT2D eigenvalue weighted by atomic mass is 9.68. The smallest absolute Gasteiger partial charge is 0.119 e. The maximum Gasteiger partial charge on any atom is 0.119 e. The summed E-state index contributed by atoms with van der Waals surface area (Å²) < 4.78 is 0. The van der Waals surface area contributed by atoms with Crippen molar-refractivity contribution in [2.75, 3.05) is 0 Å². The second-order valence-electron chi connectivity index (χ2n) is 7.82. The van der Waals surface area contributed by atoms with Crippen LogP contribution in [0.2, 0.25) is 0 Å². The standard InChI is InChI=1S/C21H30O2/c1-13(2)18-11-20(23)16(9-15(18)5)12-21(6)8-7-17(22)10-19(21)14(3)4/h7,9-11,13-14,22-23H,8,12H2,1-6H3. The molecular formula is C21H30O2. The Morgan fingerprint density at radius 2 is 1.74 bits per heavy atom. The molecule has 0 amide bonds. The fourth-order valence-corrected chi connectivity index (χ4v) is 3.83. The zero-order valence-corrected chi connectivity index (χ0v) is 15.3. The Kier molecular flexibility index (Phi) is 4.93. The van der Waals surface area contributed by atoms with Gasteiger partial charge in [0.2, 0.25) is 0 Å². The quantitative estimate of drug-likeness (QED) is 0.737. The van der Waals surface area contributed by atoms with E-state index in [1.807, 2.05) is 18.2 Å². The molecule has 1 aliphatic rings. The first-order valence-corrected chi connectivity index (χ1v) is 8.57. The second-order valence-corrected chi connectivity index (χ2v) is 7.82. The Bertz CT molecular complexity index is 650. The third-order valence-electron chi connectivity index (χ3n) is 5.05. The molecule has 2 nitrogen and oxygen atoms in total. The van der Waals surface area contributed by atoms with Gasteiger partial charge in [-0.1, -0.05) is 46.3 Å². The predicted octanol–water partition coefficient (Wildman–Crippen LogP) is 5.80. The maximum absolute atomic E-state index is 10.5. The van der Waals surface area contributed by atoms with Crippen molar-refractivity contribution < 1.29 is 10.2 Å². The highest BCUT2D eigenvalue weighted by molar-refractivity contribution is 5.44. The summed E-state index contributed by atoms with van der Waals surface area (Å²) in [6.45, 7) is 13.0. The van der Waals surface area contributed by atoms with Gasteiger partial charge in [0.05, 0.1) is 0 Å². The third kappa shape index (κ3) is 3.63. The van der Waals surface area contributed by atoms with Gasteiger partial charge in [-0.2, -0.15) is 0 Å². The molecule has 2 heteroatoms. The van der Waals surface area contributed by atoms with Gasteiger partial charge in [0.1, 0.15) is 11.5 Å². The topological polar surface area (TPSA) is 40.5 Å². The number of benzene rings is 1. The SMILES string of the molecule is Cc1cc(CC2(C)CC=C(O)C=C2C(C)C)c(O)cc1C(C)C. The number of rotatable bonds is 4. The van der Waals surface area contributed by atoms with Gasteiger partial charge in [-0.3, -0.25) is 0 Å². The van der Waals surface area contributed by atoms with Gasteiger partial charge in [-0.25, -0.2) is 0 Å². The van der Waals surface area contributed by atoms with Crippen LogP contribution in [0.4, 0.5) is 0 Å². The highest BCUT2D eigenvalue weighted by Crippen LogP contribution is 2.44. The molecule has 1 aromatic carbocycles. The molecule has 126 valence electrons. The Hall–Kier alpha value is -1.70. The van der Waals surface area contributed by atoms with E-state index >= 15 is 0 Å². The summed E-state index contributed by atoms with van der Waals surface area (Å²) >= 11 is 0. The average Bonchev–Trinajstić information content (AvgIpc) is 2.44. The van der Waals surface area contributed by atoms with Gasteiger partial charge >= 0.3 is 0 Å². The first-order chi connectivity index (χ1) is 10.6. The minimum atomic E-state index is -0.0658. The first-order valence-electron chi connectivity index (χ1n) is 8.57. The first kappa shape index (κ1) is 17.7. The highest BCUT2D eigenvalue weighted by Gasteiger charge is 2.33. The van der Waals surface area contributed by atoms with Crippen LogP contribution in [-0.2, 0) is 6.42 Å². The van der Waals surface area contributed by atoms with Crippen LogP contribution in [0.25, 0.3) is 0 Å². The Balaban J connectivity index is 2.38. The van der Waals surface area contributed by atoms with Crippen LogP contribution < -0.4 is 0 Å². The van der Waals surface area contributed by atoms with Crippen molar-refractivity contribution >= 4 is 0 Å². The molecule has 23 heavy (non-hydrogen) atoms. The zero-order valence-electron chi connectivity index (χ0n) is 15.3. The number of aryl methyl sites for hydroxylation is 1. The number of hydrogen-bond donors (Lipinski definition) is 2. The fraction of sp³-hybridized carbons (Fsp3) is 0.524. The monoisotopic (exact) mass is 314 g/mol. The lowest BCUT2D eigenvalue weighted by Crippen LogP contribution is -2.27. The van der Waals surface area contributed by atoms with Crippen LogP contribution in [0, 0.1) is 18.3 Å². The van der Waals surface area contributed by atoms with Gasteiger partial charge in [-0.05, 0) is 71.9 Å². The van der Waals surface area contributed by atoms with Crippen molar-refractivity contribution in [3.8, 4) is 5.75 Å². The van der Waals surface area contributed by atoms with Crippen molar-refractivity contribution in [3.05, 3.63) is 52.3 Å². The van der Waals surface area contributed by atoms with Crippen LogP contribution in [0.1, 0.15) is 63.6 Å². The minimum absolute atomic E-state index is 0.0658. The zero-order chi connectivity index (χ0) is 17.4. The largest absolute Gasteiger partial charge is 0.508 e. The van der Waals surface area contributed by atoms with E-state index in [9.17, 15) is 10.2 Å². The van der Waals surface area contributed by atoms with E-state index in [1.54, 1.807) is 0 Å². The molecule has 2 rings (SSSR count). The van der Waals surface area contributed by atoms with Gasteiger partial charge in [0.25, 0.3) is 0 Å². The van der Waals surface area contributed by atoms with Gasteiger partial charge in [0, 0.05) is 0 Å². The van der Waals surface area contributed by atoms with E-state index in [-0.39, 0.29) is 5.41 Å². The number of aliphatic hydroxyl groups is 1. The number of aliphatic hydroxyl groups excluding tert-OH is 1. The molecule has 0 heterocycles. The van der Waals surface area contributed by atoms with Crippen molar-refractivity contribution in [3.63, 3.8) is 0 Å². The molecule has 2 N–H and O–H groups in total. The van der Waals surface area contributed by atoms with Crippen LogP contribution >= 0.6 is 0 Å². The second kappa shape index (κ2) is 6.43. The summed E-state index contributed by atoms with van der Waals surface area (Å²) in [5, 5.41) is 20.4. The molecule has 0 aromatic heterocycles. The Morgan fingerprint density at radius 1 is 1.09 bits per heavy atom. The van der Waals surface area contributed by atoms with Crippen molar-refractivity contribution in [2.24, 2.45) is 11.3 Å². The van der Waals surface area contributed by atoms with Gasteiger partial charge in [-0.15, -0.1) is 0 Å². The van der Waals surface area contributed by atoms with Crippen molar-refractivity contribution in [1.82, 2.24) is 0 Å². The molecule has 0 spiro atoms. The van der Waals surface area contributed by atoms with Crippen LogP contribution in [0.5, 0.6) is 5.75 Å². The molecule has 1 aliphatic carbocycles. The van der Waals surface area contributed by atoms with E-state index in [2.05, 4.69) is 47.6 Å². The Labute approximate surface area is 140 Å². The lowest BCUT2D eigenvalue weighted by Gasteiger charge is -2.37. The normalized spacial score (nSPS) is 21.6. The van der Waals surface area contributed by atoms with E-state index in [4.69, 9.17) is 0 Å². The molecule has 1 atom stereocenters. The number of phenols is 1. The third-order valence-corrected chi connectivity index (χ3v) is 5.05. The molecule has 0 aliphatic heterocycles. The van der Waals surface area contributed by atoms with Crippen molar-refractivity contribution in [2.45, 2.75) is 60.3 Å². The number of phenolic OH excluding ortho intramolecular Hbond substituents is 1. The summed E-state index contributed by atoms with van der Waals surface area (Å²) in [5.74, 6) is 1.53. The summed E-state index contributed by atoms with van der Waals surface area (Å²) in [6, 6.07) is 4.06. The van der Waals surface area contributed by atoms with E-state index < -0.39 is 0 Å². The highest BCUT2D eigenvalue weighted by atomic mass is 16.3. The van der Waals surface area contributed by atoms with Crippen LogP contribution in [0.15, 0.2) is 35.6 Å². The van der Waals surface area contributed by atoms with E-state index in [1.165, 1.54) is 16.7 Å². The molecule has 0 bridgehead atoms. The van der Waals surface area contributed by atoms with E-state index in [0.29, 0.717) is 23.3 Å². The number of allylic oxidation sites excluding steroid dienone is 3. The van der Waals surface area contributed by atoms with E-state index in [0.717, 1.165) is 18.4 Å². The fourth-order valence-electron chi connectivity index (χ4n) is 3.83. The summed E-state index contributed by atoms with van der Waals surface area (Å²) in [7, 11) is 0. The molecular weight excluding hydrogens is 284 g/mol. The number of hydrogen-bond acceptors (Lipinski definition) is 2. The lowest BCUT2D eigenvalue weighted by molar-refractivity contribution is 0.329. The summed E-state index contributed by atoms with van der Waals surface area (Å²) in [6.07, 6.45) is 5.37. The Morgan fingerprint density at radius 3 is 2.30 bits per heavy atom. The molecule has 0 saturated heterocycles. The molecule has 0 fully saturated rings. The molecule has 1 aromatic rings. The summed E-state index contributed by atoms with van der Waals surface area (Å²) in [5.41, 5.74) is 4.63. The average molecular weight is 314 g/mol. The van der Waals surface area contributed by atoms with Crippen LogP contribution in [-0.4, -0.2) is 10.2 Å². The van der Waals surface area contributed by atoms with Gasteiger partial charge in [0.15, 0.2) is 0 Å². The number of aromatic hydroxyl groups is 1. The summed E-state index contributed by atoms with van der Waals surface area (Å²) in [4.78, 5) is 0. The molecule has 0 saturated carbocycles. The molecule has 0 radical (unpaired) electrons. The maximum atomic E-state index is 10.5. The van der Waals surface area contributed by atoms with Crippen LogP contribution in [0.3, 0.4) is 0 Å². The van der Waals surface area contributed by atoms with Crippen molar-refractivity contribution in [1.29, 1.82) is 0 Å². The molecule has 1 unspecified atom stereocenters. The predicted molar refractivity (Wildman–Crippen MR) is 97.0 cm³/mol.